The minimum Gasteiger partial charge on any atom is -0.497 e. The third-order valence-electron chi connectivity index (χ3n) is 3.99. The minimum absolute atomic E-state index is 0.299. The first kappa shape index (κ1) is 13.7. The number of nitriles is 1. The van der Waals surface area contributed by atoms with Gasteiger partial charge in [-0.3, -0.25) is 0 Å². The molecule has 0 spiro atoms. The third kappa shape index (κ3) is 2.66. The summed E-state index contributed by atoms with van der Waals surface area (Å²) in [5.41, 5.74) is 7.56. The standard InChI is InChI=1S/C15H21N3O/c1-11-4-3-7-18(15(11)10-17)14-8-13(19-2)6-5-12(14)9-16/h5-6,8,11,15H,3-4,7,10,17H2,1-2H3. The lowest BCUT2D eigenvalue weighted by atomic mass is 9.90. The molecule has 1 saturated heterocycles. The summed E-state index contributed by atoms with van der Waals surface area (Å²) in [7, 11) is 1.64. The first-order valence-electron chi connectivity index (χ1n) is 6.76. The van der Waals surface area contributed by atoms with Crippen LogP contribution in [0.1, 0.15) is 25.3 Å². The zero-order valence-corrected chi connectivity index (χ0v) is 11.6. The van der Waals surface area contributed by atoms with Crippen LogP contribution in [0.25, 0.3) is 0 Å². The molecule has 19 heavy (non-hydrogen) atoms. The molecule has 2 unspecified atom stereocenters. The van der Waals surface area contributed by atoms with E-state index in [0.29, 0.717) is 24.1 Å². The molecule has 1 aromatic rings. The summed E-state index contributed by atoms with van der Waals surface area (Å²) in [5.74, 6) is 1.33. The highest BCUT2D eigenvalue weighted by atomic mass is 16.5. The van der Waals surface area contributed by atoms with Crippen molar-refractivity contribution in [1.29, 1.82) is 5.26 Å². The molecule has 4 nitrogen and oxygen atoms in total. The van der Waals surface area contributed by atoms with E-state index in [1.807, 2.05) is 18.2 Å². The van der Waals surface area contributed by atoms with Crippen LogP contribution in [0.3, 0.4) is 0 Å². The van der Waals surface area contributed by atoms with E-state index in [4.69, 9.17) is 10.5 Å². The zero-order chi connectivity index (χ0) is 13.8. The van der Waals surface area contributed by atoms with Gasteiger partial charge in [0.05, 0.1) is 18.4 Å². The summed E-state index contributed by atoms with van der Waals surface area (Å²) in [6.45, 7) is 3.80. The largest absolute Gasteiger partial charge is 0.497 e. The van der Waals surface area contributed by atoms with Crippen LogP contribution in [-0.4, -0.2) is 26.2 Å². The summed E-state index contributed by atoms with van der Waals surface area (Å²) in [6.07, 6.45) is 2.34. The summed E-state index contributed by atoms with van der Waals surface area (Å²) in [6, 6.07) is 8.16. The normalized spacial score (nSPS) is 22.9. The summed E-state index contributed by atoms with van der Waals surface area (Å²) >= 11 is 0. The van der Waals surface area contributed by atoms with Crippen molar-refractivity contribution < 1.29 is 4.74 Å². The molecular weight excluding hydrogens is 238 g/mol. The fourth-order valence-electron chi connectivity index (χ4n) is 2.88. The topological polar surface area (TPSA) is 62.3 Å². The number of nitrogens with zero attached hydrogens (tertiary/aromatic N) is 2. The van der Waals surface area contributed by atoms with Crippen LogP contribution < -0.4 is 15.4 Å². The molecule has 1 aliphatic heterocycles. The molecule has 0 amide bonds. The summed E-state index contributed by atoms with van der Waals surface area (Å²) < 4.78 is 5.27. The number of rotatable bonds is 3. The van der Waals surface area contributed by atoms with E-state index in [2.05, 4.69) is 17.9 Å². The Kier molecular flexibility index (Phi) is 4.28. The average Bonchev–Trinajstić information content (AvgIpc) is 2.46. The van der Waals surface area contributed by atoms with Crippen molar-refractivity contribution in [2.45, 2.75) is 25.8 Å². The van der Waals surface area contributed by atoms with E-state index in [1.165, 1.54) is 6.42 Å². The Hall–Kier alpha value is -1.73. The first-order chi connectivity index (χ1) is 9.21. The molecule has 2 rings (SSSR count). The van der Waals surface area contributed by atoms with Crippen LogP contribution in [0.4, 0.5) is 5.69 Å². The number of piperidine rings is 1. The Balaban J connectivity index is 2.41. The lowest BCUT2D eigenvalue weighted by Crippen LogP contribution is -2.49. The quantitative estimate of drug-likeness (QED) is 0.903. The van der Waals surface area contributed by atoms with Crippen molar-refractivity contribution in [2.75, 3.05) is 25.1 Å². The Bertz CT molecular complexity index is 481. The highest BCUT2D eigenvalue weighted by Gasteiger charge is 2.29. The average molecular weight is 259 g/mol. The molecule has 1 aromatic carbocycles. The van der Waals surface area contributed by atoms with Gasteiger partial charge in [-0.05, 0) is 30.9 Å². The van der Waals surface area contributed by atoms with Gasteiger partial charge in [0.25, 0.3) is 0 Å². The maximum absolute atomic E-state index is 9.29. The predicted molar refractivity (Wildman–Crippen MR) is 76.3 cm³/mol. The van der Waals surface area contributed by atoms with Crippen molar-refractivity contribution in [3.63, 3.8) is 0 Å². The van der Waals surface area contributed by atoms with Crippen molar-refractivity contribution >= 4 is 5.69 Å². The van der Waals surface area contributed by atoms with Gasteiger partial charge >= 0.3 is 0 Å². The number of anilines is 1. The van der Waals surface area contributed by atoms with Gasteiger partial charge in [0.1, 0.15) is 11.8 Å². The second-order valence-corrected chi connectivity index (χ2v) is 5.11. The third-order valence-corrected chi connectivity index (χ3v) is 3.99. The maximum atomic E-state index is 9.29. The van der Waals surface area contributed by atoms with Crippen molar-refractivity contribution in [2.24, 2.45) is 11.7 Å². The van der Waals surface area contributed by atoms with E-state index in [9.17, 15) is 5.26 Å². The molecule has 2 N–H and O–H groups in total. The minimum atomic E-state index is 0.299. The second-order valence-electron chi connectivity index (χ2n) is 5.11. The van der Waals surface area contributed by atoms with Gasteiger partial charge in [-0.25, -0.2) is 0 Å². The van der Waals surface area contributed by atoms with Crippen LogP contribution in [0, 0.1) is 17.2 Å². The van der Waals surface area contributed by atoms with Crippen molar-refractivity contribution in [3.8, 4) is 11.8 Å². The smallest absolute Gasteiger partial charge is 0.121 e. The molecule has 2 atom stereocenters. The lowest BCUT2D eigenvalue weighted by molar-refractivity contribution is 0.349. The van der Waals surface area contributed by atoms with Gasteiger partial charge in [0.2, 0.25) is 0 Å². The van der Waals surface area contributed by atoms with E-state index in [-0.39, 0.29) is 0 Å². The highest BCUT2D eigenvalue weighted by molar-refractivity contribution is 5.63. The molecule has 1 aliphatic rings. The molecule has 1 fully saturated rings. The number of methoxy groups -OCH3 is 1. The fourth-order valence-corrected chi connectivity index (χ4v) is 2.88. The van der Waals surface area contributed by atoms with E-state index < -0.39 is 0 Å². The van der Waals surface area contributed by atoms with Crippen LogP contribution in [-0.2, 0) is 0 Å². The monoisotopic (exact) mass is 259 g/mol. The fraction of sp³-hybridized carbons (Fsp3) is 0.533. The van der Waals surface area contributed by atoms with Gasteiger partial charge in [-0.2, -0.15) is 5.26 Å². The molecule has 1 heterocycles. The number of hydrogen-bond donors (Lipinski definition) is 1. The van der Waals surface area contributed by atoms with E-state index in [0.717, 1.165) is 24.4 Å². The van der Waals surface area contributed by atoms with Gasteiger partial charge in [0.15, 0.2) is 0 Å². The van der Waals surface area contributed by atoms with E-state index in [1.54, 1.807) is 7.11 Å². The zero-order valence-electron chi connectivity index (χ0n) is 11.6. The van der Waals surface area contributed by atoms with Gasteiger partial charge in [0, 0.05) is 25.2 Å². The number of hydrogen-bond acceptors (Lipinski definition) is 4. The van der Waals surface area contributed by atoms with Gasteiger partial charge < -0.3 is 15.4 Å². The van der Waals surface area contributed by atoms with Crippen molar-refractivity contribution in [1.82, 2.24) is 0 Å². The van der Waals surface area contributed by atoms with Crippen LogP contribution in [0.15, 0.2) is 18.2 Å². The lowest BCUT2D eigenvalue weighted by Gasteiger charge is -2.41. The van der Waals surface area contributed by atoms with Gasteiger partial charge in [-0.15, -0.1) is 0 Å². The molecule has 4 heteroatoms. The molecule has 0 aliphatic carbocycles. The van der Waals surface area contributed by atoms with Crippen LogP contribution >= 0.6 is 0 Å². The molecule has 0 aromatic heterocycles. The first-order valence-corrected chi connectivity index (χ1v) is 6.76. The predicted octanol–water partition coefficient (Wildman–Crippen LogP) is 2.13. The summed E-state index contributed by atoms with van der Waals surface area (Å²) in [5, 5.41) is 9.29. The molecule has 0 bridgehead atoms. The second kappa shape index (κ2) is 5.94. The Morgan fingerprint density at radius 2 is 2.32 bits per heavy atom. The van der Waals surface area contributed by atoms with Crippen LogP contribution in [0.2, 0.25) is 0 Å². The number of ether oxygens (including phenoxy) is 1. The molecular formula is C15H21N3O. The molecule has 0 saturated carbocycles. The van der Waals surface area contributed by atoms with E-state index >= 15 is 0 Å². The Morgan fingerprint density at radius 3 is 2.95 bits per heavy atom. The Morgan fingerprint density at radius 1 is 1.53 bits per heavy atom. The molecule has 0 radical (unpaired) electrons. The number of benzene rings is 1. The maximum Gasteiger partial charge on any atom is 0.121 e. The highest BCUT2D eigenvalue weighted by Crippen LogP contribution is 2.32. The Labute approximate surface area is 114 Å². The number of nitrogens with two attached hydrogens (primary N) is 1. The van der Waals surface area contributed by atoms with Crippen molar-refractivity contribution in [3.05, 3.63) is 23.8 Å². The summed E-state index contributed by atoms with van der Waals surface area (Å²) in [4.78, 5) is 2.27. The van der Waals surface area contributed by atoms with Crippen LogP contribution in [0.5, 0.6) is 5.75 Å². The van der Waals surface area contributed by atoms with Gasteiger partial charge in [-0.1, -0.05) is 6.92 Å². The SMILES string of the molecule is COc1ccc(C#N)c(N2CCCC(C)C2CN)c1. The molecule has 102 valence electrons.